The van der Waals surface area contributed by atoms with Crippen LogP contribution in [0.15, 0.2) is 27.6 Å². The van der Waals surface area contributed by atoms with Crippen molar-refractivity contribution in [2.24, 2.45) is 0 Å². The van der Waals surface area contributed by atoms with Gasteiger partial charge in [0.2, 0.25) is 0 Å². The summed E-state index contributed by atoms with van der Waals surface area (Å²) in [5.74, 6) is 1.06. The summed E-state index contributed by atoms with van der Waals surface area (Å²) in [5.41, 5.74) is 0. The molecule has 0 saturated carbocycles. The first-order valence-corrected chi connectivity index (χ1v) is 5.47. The van der Waals surface area contributed by atoms with E-state index >= 15 is 0 Å². The molecule has 0 radical (unpaired) electrons. The summed E-state index contributed by atoms with van der Waals surface area (Å²) < 4.78 is 1.03. The molecule has 0 nitrogen and oxygen atoms in total. The summed E-state index contributed by atoms with van der Waals surface area (Å²) in [5, 5.41) is 0.825. The summed E-state index contributed by atoms with van der Waals surface area (Å²) in [7, 11) is 0. The summed E-state index contributed by atoms with van der Waals surface area (Å²) in [6.45, 7) is 2.11. The minimum absolute atomic E-state index is 0.825. The zero-order valence-corrected chi connectivity index (χ0v) is 9.26. The van der Waals surface area contributed by atoms with Crippen molar-refractivity contribution in [2.45, 2.75) is 11.8 Å². The number of halogens is 2. The van der Waals surface area contributed by atoms with Gasteiger partial charge < -0.3 is 0 Å². The molecule has 0 aliphatic carbocycles. The van der Waals surface area contributed by atoms with E-state index in [1.807, 2.05) is 18.2 Å². The SMILES string of the molecule is CCSc1ccc(Br)cc1Cl. The number of hydrogen-bond acceptors (Lipinski definition) is 1. The second-order valence-corrected chi connectivity index (χ2v) is 4.64. The molecule has 0 N–H and O–H groups in total. The predicted octanol–water partition coefficient (Wildman–Crippen LogP) is 4.21. The highest BCUT2D eigenvalue weighted by atomic mass is 79.9. The summed E-state index contributed by atoms with van der Waals surface area (Å²) >= 11 is 11.1. The monoisotopic (exact) mass is 250 g/mol. The van der Waals surface area contributed by atoms with Crippen LogP contribution in [-0.2, 0) is 0 Å². The Morgan fingerprint density at radius 1 is 1.55 bits per heavy atom. The number of benzene rings is 1. The minimum atomic E-state index is 0.825. The van der Waals surface area contributed by atoms with E-state index in [1.165, 1.54) is 0 Å². The van der Waals surface area contributed by atoms with Gasteiger partial charge in [-0.25, -0.2) is 0 Å². The average Bonchev–Trinajstić information content (AvgIpc) is 1.95. The van der Waals surface area contributed by atoms with E-state index < -0.39 is 0 Å². The largest absolute Gasteiger partial charge is 0.125 e. The maximum Gasteiger partial charge on any atom is 0.0553 e. The van der Waals surface area contributed by atoms with Crippen molar-refractivity contribution in [2.75, 3.05) is 5.75 Å². The molecule has 0 fully saturated rings. The summed E-state index contributed by atoms with van der Waals surface area (Å²) in [6.07, 6.45) is 0. The molecule has 0 aromatic heterocycles. The third kappa shape index (κ3) is 2.69. The Hall–Kier alpha value is 0.340. The lowest BCUT2D eigenvalue weighted by atomic mass is 10.4. The molecule has 11 heavy (non-hydrogen) atoms. The lowest BCUT2D eigenvalue weighted by Crippen LogP contribution is -1.75. The van der Waals surface area contributed by atoms with Crippen molar-refractivity contribution in [3.05, 3.63) is 27.7 Å². The van der Waals surface area contributed by atoms with Crippen LogP contribution in [0.3, 0.4) is 0 Å². The molecular formula is C8H8BrClS. The van der Waals surface area contributed by atoms with E-state index in [0.717, 1.165) is 20.1 Å². The zero-order chi connectivity index (χ0) is 8.27. The maximum absolute atomic E-state index is 5.96. The van der Waals surface area contributed by atoms with Gasteiger partial charge in [-0.15, -0.1) is 11.8 Å². The Kier molecular flexibility index (Phi) is 3.76. The van der Waals surface area contributed by atoms with E-state index in [0.29, 0.717) is 0 Å². The Morgan fingerprint density at radius 2 is 2.27 bits per heavy atom. The molecular weight excluding hydrogens is 244 g/mol. The van der Waals surface area contributed by atoms with Crippen LogP contribution in [-0.4, -0.2) is 5.75 Å². The molecule has 1 rings (SSSR count). The fourth-order valence-electron chi connectivity index (χ4n) is 0.748. The Balaban J connectivity index is 2.90. The molecule has 0 atom stereocenters. The first-order chi connectivity index (χ1) is 5.24. The van der Waals surface area contributed by atoms with Gasteiger partial charge in [0, 0.05) is 9.37 Å². The molecule has 0 amide bonds. The third-order valence-electron chi connectivity index (χ3n) is 1.19. The quantitative estimate of drug-likeness (QED) is 0.710. The van der Waals surface area contributed by atoms with Crippen LogP contribution in [0, 0.1) is 0 Å². The maximum atomic E-state index is 5.96. The molecule has 0 aliphatic heterocycles. The van der Waals surface area contributed by atoms with Crippen molar-refractivity contribution in [1.82, 2.24) is 0 Å². The lowest BCUT2D eigenvalue weighted by Gasteiger charge is -2.00. The van der Waals surface area contributed by atoms with Crippen LogP contribution < -0.4 is 0 Å². The Morgan fingerprint density at radius 3 is 2.82 bits per heavy atom. The Bertz CT molecular complexity index is 250. The van der Waals surface area contributed by atoms with E-state index in [-0.39, 0.29) is 0 Å². The minimum Gasteiger partial charge on any atom is -0.125 e. The van der Waals surface area contributed by atoms with E-state index in [4.69, 9.17) is 11.6 Å². The number of hydrogen-bond donors (Lipinski definition) is 0. The molecule has 60 valence electrons. The van der Waals surface area contributed by atoms with Gasteiger partial charge in [0.1, 0.15) is 0 Å². The topological polar surface area (TPSA) is 0 Å². The Labute approximate surface area is 84.5 Å². The van der Waals surface area contributed by atoms with E-state index in [2.05, 4.69) is 22.9 Å². The molecule has 1 aromatic rings. The van der Waals surface area contributed by atoms with Crippen LogP contribution in [0.4, 0.5) is 0 Å². The number of thioether (sulfide) groups is 1. The van der Waals surface area contributed by atoms with Crippen LogP contribution in [0.1, 0.15) is 6.92 Å². The van der Waals surface area contributed by atoms with E-state index in [9.17, 15) is 0 Å². The van der Waals surface area contributed by atoms with Crippen molar-refractivity contribution in [1.29, 1.82) is 0 Å². The van der Waals surface area contributed by atoms with Crippen molar-refractivity contribution < 1.29 is 0 Å². The number of rotatable bonds is 2. The molecule has 0 aliphatic rings. The molecule has 0 spiro atoms. The van der Waals surface area contributed by atoms with Gasteiger partial charge in [0.15, 0.2) is 0 Å². The van der Waals surface area contributed by atoms with Gasteiger partial charge >= 0.3 is 0 Å². The van der Waals surface area contributed by atoms with Gasteiger partial charge in [-0.3, -0.25) is 0 Å². The average molecular weight is 252 g/mol. The summed E-state index contributed by atoms with van der Waals surface area (Å²) in [6, 6.07) is 5.95. The summed E-state index contributed by atoms with van der Waals surface area (Å²) in [4.78, 5) is 1.15. The zero-order valence-electron chi connectivity index (χ0n) is 6.10. The first-order valence-electron chi connectivity index (χ1n) is 3.32. The molecule has 1 aromatic carbocycles. The highest BCUT2D eigenvalue weighted by molar-refractivity contribution is 9.10. The van der Waals surface area contributed by atoms with Gasteiger partial charge in [-0.2, -0.15) is 0 Å². The highest BCUT2D eigenvalue weighted by Gasteiger charge is 1.98. The normalized spacial score (nSPS) is 10.1. The van der Waals surface area contributed by atoms with Crippen LogP contribution in [0.5, 0.6) is 0 Å². The van der Waals surface area contributed by atoms with Crippen molar-refractivity contribution >= 4 is 39.3 Å². The fourth-order valence-corrected chi connectivity index (χ4v) is 2.26. The van der Waals surface area contributed by atoms with Crippen LogP contribution in [0.25, 0.3) is 0 Å². The molecule has 0 bridgehead atoms. The van der Waals surface area contributed by atoms with E-state index in [1.54, 1.807) is 11.8 Å². The molecule has 0 saturated heterocycles. The highest BCUT2D eigenvalue weighted by Crippen LogP contribution is 2.29. The van der Waals surface area contributed by atoms with Crippen molar-refractivity contribution in [3.63, 3.8) is 0 Å². The van der Waals surface area contributed by atoms with Crippen LogP contribution in [0.2, 0.25) is 5.02 Å². The molecule has 3 heteroatoms. The third-order valence-corrected chi connectivity index (χ3v) is 3.07. The van der Waals surface area contributed by atoms with Gasteiger partial charge in [0.05, 0.1) is 5.02 Å². The van der Waals surface area contributed by atoms with Crippen molar-refractivity contribution in [3.8, 4) is 0 Å². The fraction of sp³-hybridized carbons (Fsp3) is 0.250. The first kappa shape index (κ1) is 9.43. The van der Waals surface area contributed by atoms with Gasteiger partial charge in [-0.05, 0) is 24.0 Å². The predicted molar refractivity (Wildman–Crippen MR) is 55.6 cm³/mol. The smallest absolute Gasteiger partial charge is 0.0553 e. The molecule has 0 heterocycles. The van der Waals surface area contributed by atoms with Crippen LogP contribution >= 0.6 is 39.3 Å². The standard InChI is InChI=1S/C8H8BrClS/c1-2-11-8-4-3-6(9)5-7(8)10/h3-5H,2H2,1H3. The molecule has 0 unspecified atom stereocenters. The van der Waals surface area contributed by atoms with Gasteiger partial charge in [-0.1, -0.05) is 34.5 Å². The second-order valence-electron chi connectivity index (χ2n) is 2.01. The van der Waals surface area contributed by atoms with Gasteiger partial charge in [0.25, 0.3) is 0 Å². The lowest BCUT2D eigenvalue weighted by molar-refractivity contribution is 1.41. The second kappa shape index (κ2) is 4.39.